The lowest BCUT2D eigenvalue weighted by Crippen LogP contribution is -1.43. The molecule has 1 aromatic rings. The summed E-state index contributed by atoms with van der Waals surface area (Å²) in [4.78, 5) is 0. The Morgan fingerprint density at radius 3 is 2.40 bits per heavy atom. The molecule has 1 N–H and O–H groups in total. The molecule has 10 heavy (non-hydrogen) atoms. The Morgan fingerprint density at radius 1 is 1.70 bits per heavy atom. The quantitative estimate of drug-likeness (QED) is 0.388. The number of hydrogen-bond donors (Lipinski definition) is 1. The van der Waals surface area contributed by atoms with Crippen LogP contribution in [0.2, 0.25) is 4.34 Å². The lowest BCUT2D eigenvalue weighted by atomic mass is 10.7. The number of nitrogens with zero attached hydrogens (tertiary/aromatic N) is 1. The molecular formula is C5H5Cl2NOS. The van der Waals surface area contributed by atoms with E-state index in [2.05, 4.69) is 16.8 Å². The molecule has 5 heteroatoms. The van der Waals surface area contributed by atoms with E-state index >= 15 is 0 Å². The lowest BCUT2D eigenvalue weighted by molar-refractivity contribution is 0.323. The van der Waals surface area contributed by atoms with Crippen LogP contribution in [0.15, 0.2) is 22.7 Å². The van der Waals surface area contributed by atoms with Crippen LogP contribution < -0.4 is 0 Å². The van der Waals surface area contributed by atoms with Crippen LogP contribution in [0.5, 0.6) is 0 Å². The van der Waals surface area contributed by atoms with E-state index < -0.39 is 0 Å². The Kier molecular flexibility index (Phi) is 6.69. The zero-order valence-electron chi connectivity index (χ0n) is 4.87. The van der Waals surface area contributed by atoms with Crippen molar-refractivity contribution in [3.05, 3.63) is 21.8 Å². The summed E-state index contributed by atoms with van der Waals surface area (Å²) in [6.07, 6.45) is 0. The van der Waals surface area contributed by atoms with Gasteiger partial charge in [0.1, 0.15) is 5.67 Å². The molecule has 0 aliphatic rings. The molecule has 0 aromatic carbocycles. The van der Waals surface area contributed by atoms with Crippen molar-refractivity contribution in [3.63, 3.8) is 0 Å². The first kappa shape index (κ1) is 9.75. The van der Waals surface area contributed by atoms with Gasteiger partial charge in [-0.25, -0.2) is 0 Å². The van der Waals surface area contributed by atoms with Crippen LogP contribution in [0.3, 0.4) is 0 Å². The molecule has 0 saturated heterocycles. The highest BCUT2D eigenvalue weighted by atomic mass is 35.5. The van der Waals surface area contributed by atoms with Gasteiger partial charge in [0.2, 0.25) is 0 Å². The Bertz CT molecular complexity index is 172. The smallest absolute Gasteiger partial charge is 0.132 e. The van der Waals surface area contributed by atoms with E-state index in [-0.39, 0.29) is 0 Å². The van der Waals surface area contributed by atoms with E-state index in [1.54, 1.807) is 11.3 Å². The van der Waals surface area contributed by atoms with Crippen LogP contribution in [-0.2, 0) is 0 Å². The van der Waals surface area contributed by atoms with Gasteiger partial charge >= 0.3 is 0 Å². The van der Waals surface area contributed by atoms with Gasteiger partial charge in [0.15, 0.2) is 0 Å². The first-order chi connectivity index (χ1) is 4.81. The summed E-state index contributed by atoms with van der Waals surface area (Å²) < 4.78 is 0.856. The number of rotatable bonds is 0. The second-order valence-electron chi connectivity index (χ2n) is 1.13. The molecule has 1 aromatic heterocycles. The predicted octanol–water partition coefficient (Wildman–Crippen LogP) is 3.04. The zero-order valence-corrected chi connectivity index (χ0v) is 7.20. The molecule has 0 amide bonds. The molecule has 0 aliphatic carbocycles. The fraction of sp³-hybridized carbons (Fsp3) is 0. The van der Waals surface area contributed by atoms with E-state index in [1.165, 1.54) is 0 Å². The van der Waals surface area contributed by atoms with E-state index in [0.717, 1.165) is 10.0 Å². The number of oxime groups is 1. The summed E-state index contributed by atoms with van der Waals surface area (Å²) in [7, 11) is 0. The molecule has 0 aliphatic heterocycles. The largest absolute Gasteiger partial charge is 0.410 e. The molecular weight excluding hydrogens is 193 g/mol. The lowest BCUT2D eigenvalue weighted by Gasteiger charge is -1.62. The van der Waals surface area contributed by atoms with E-state index in [1.807, 2.05) is 17.5 Å². The molecule has 0 bridgehead atoms. The highest BCUT2D eigenvalue weighted by Gasteiger charge is 1.77. The first-order valence-corrected chi connectivity index (χ1v) is 3.95. The number of hydrogen-bond acceptors (Lipinski definition) is 3. The summed E-state index contributed by atoms with van der Waals surface area (Å²) in [6, 6.07) is 3.79. The van der Waals surface area contributed by atoms with Crippen molar-refractivity contribution in [1.82, 2.24) is 0 Å². The van der Waals surface area contributed by atoms with Crippen molar-refractivity contribution in [1.29, 1.82) is 0 Å². The minimum atomic E-state index is 0.778. The van der Waals surface area contributed by atoms with Crippen molar-refractivity contribution < 1.29 is 5.21 Å². The summed E-state index contributed by atoms with van der Waals surface area (Å²) >= 11 is 11.7. The van der Waals surface area contributed by atoms with Crippen molar-refractivity contribution in [2.24, 2.45) is 5.16 Å². The van der Waals surface area contributed by atoms with Crippen molar-refractivity contribution >= 4 is 40.2 Å². The van der Waals surface area contributed by atoms with Crippen molar-refractivity contribution in [3.8, 4) is 0 Å². The molecule has 56 valence electrons. The van der Waals surface area contributed by atoms with Crippen LogP contribution in [0, 0.1) is 0 Å². The van der Waals surface area contributed by atoms with Gasteiger partial charge in [-0.2, -0.15) is 0 Å². The molecule has 2 nitrogen and oxygen atoms in total. The molecule has 1 rings (SSSR count). The van der Waals surface area contributed by atoms with Crippen LogP contribution in [0.25, 0.3) is 0 Å². The molecule has 0 unspecified atom stereocenters. The highest BCUT2D eigenvalue weighted by Crippen LogP contribution is 2.13. The Labute approximate surface area is 72.7 Å². The standard InChI is InChI=1S/C4H3ClS.CH2ClNO/c5-4-2-1-3-6-4;2-1-3-4/h1-3H;1,4H. The SMILES string of the molecule is Clc1cccs1.ON=CCl. The fourth-order valence-electron chi connectivity index (χ4n) is 0.259. The van der Waals surface area contributed by atoms with Gasteiger partial charge in [0, 0.05) is 0 Å². The average Bonchev–Trinajstić information content (AvgIpc) is 2.40. The van der Waals surface area contributed by atoms with Gasteiger partial charge in [-0.3, -0.25) is 0 Å². The topological polar surface area (TPSA) is 32.6 Å². The summed E-state index contributed by atoms with van der Waals surface area (Å²) in [5.74, 6) is 0. The third kappa shape index (κ3) is 5.88. The maximum Gasteiger partial charge on any atom is 0.132 e. The maximum atomic E-state index is 7.31. The second-order valence-corrected chi connectivity index (χ2v) is 2.90. The van der Waals surface area contributed by atoms with Gasteiger partial charge in [0.05, 0.1) is 4.34 Å². The third-order valence-electron chi connectivity index (χ3n) is 0.530. The zero-order chi connectivity index (χ0) is 7.82. The van der Waals surface area contributed by atoms with E-state index in [9.17, 15) is 0 Å². The molecule has 0 saturated carbocycles. The summed E-state index contributed by atoms with van der Waals surface area (Å²) in [6.45, 7) is 0. The third-order valence-corrected chi connectivity index (χ3v) is 1.67. The van der Waals surface area contributed by atoms with Crippen LogP contribution in [0.1, 0.15) is 0 Å². The average molecular weight is 198 g/mol. The van der Waals surface area contributed by atoms with Gasteiger partial charge in [-0.15, -0.1) is 11.3 Å². The Balaban J connectivity index is 0.000000180. The Morgan fingerprint density at radius 2 is 2.30 bits per heavy atom. The van der Waals surface area contributed by atoms with E-state index in [4.69, 9.17) is 16.8 Å². The van der Waals surface area contributed by atoms with Crippen LogP contribution in [0.4, 0.5) is 0 Å². The van der Waals surface area contributed by atoms with Gasteiger partial charge in [-0.1, -0.05) is 28.4 Å². The minimum absolute atomic E-state index is 0.778. The second kappa shape index (κ2) is 6.86. The van der Waals surface area contributed by atoms with Crippen LogP contribution in [-0.4, -0.2) is 10.9 Å². The number of thiophene rings is 1. The molecule has 1 heterocycles. The maximum absolute atomic E-state index is 7.31. The first-order valence-electron chi connectivity index (χ1n) is 2.26. The molecule has 0 spiro atoms. The fourth-order valence-corrected chi connectivity index (χ4v) is 0.930. The van der Waals surface area contributed by atoms with Crippen molar-refractivity contribution in [2.75, 3.05) is 0 Å². The van der Waals surface area contributed by atoms with Crippen LogP contribution >= 0.6 is 34.5 Å². The molecule has 0 fully saturated rings. The predicted molar refractivity (Wildman–Crippen MR) is 45.5 cm³/mol. The Hall–Kier alpha value is -0.250. The van der Waals surface area contributed by atoms with Gasteiger partial charge in [-0.05, 0) is 17.5 Å². The highest BCUT2D eigenvalue weighted by molar-refractivity contribution is 7.14. The minimum Gasteiger partial charge on any atom is -0.410 e. The molecule has 0 radical (unpaired) electrons. The monoisotopic (exact) mass is 197 g/mol. The van der Waals surface area contributed by atoms with Gasteiger partial charge < -0.3 is 5.21 Å². The van der Waals surface area contributed by atoms with Crippen molar-refractivity contribution in [2.45, 2.75) is 0 Å². The summed E-state index contributed by atoms with van der Waals surface area (Å²) in [5.41, 5.74) is 0.778. The van der Waals surface area contributed by atoms with Gasteiger partial charge in [0.25, 0.3) is 0 Å². The van der Waals surface area contributed by atoms with E-state index in [0.29, 0.717) is 0 Å². The summed E-state index contributed by atoms with van der Waals surface area (Å²) in [5, 5.41) is 11.6. The normalized spacial score (nSPS) is 9.00. The number of halogens is 2. The molecule has 0 atom stereocenters.